The summed E-state index contributed by atoms with van der Waals surface area (Å²) in [5.74, 6) is 0.688. The standard InChI is InChI=1S/C12H22N2O2/c1-14-7-3-6-12(9-14,11(15)16-2)13-8-10-4-5-10/h10,13H,3-9H2,1-2H3. The highest BCUT2D eigenvalue weighted by atomic mass is 16.5. The van der Waals surface area contributed by atoms with Crippen molar-refractivity contribution < 1.29 is 9.53 Å². The van der Waals surface area contributed by atoms with Gasteiger partial charge in [0, 0.05) is 6.54 Å². The molecule has 0 aromatic heterocycles. The highest BCUT2D eigenvalue weighted by Gasteiger charge is 2.43. The van der Waals surface area contributed by atoms with Crippen LogP contribution < -0.4 is 5.32 Å². The van der Waals surface area contributed by atoms with Crippen LogP contribution in [0.5, 0.6) is 0 Å². The quantitative estimate of drug-likeness (QED) is 0.714. The van der Waals surface area contributed by atoms with E-state index in [-0.39, 0.29) is 5.97 Å². The number of nitrogens with one attached hydrogen (secondary N) is 1. The van der Waals surface area contributed by atoms with Crippen LogP contribution in [0.15, 0.2) is 0 Å². The number of likely N-dealkylation sites (N-methyl/N-ethyl adjacent to an activating group) is 1. The largest absolute Gasteiger partial charge is 0.468 e. The molecule has 1 aliphatic carbocycles. The van der Waals surface area contributed by atoms with Crippen LogP contribution in [-0.2, 0) is 9.53 Å². The van der Waals surface area contributed by atoms with Gasteiger partial charge in [-0.15, -0.1) is 0 Å². The van der Waals surface area contributed by atoms with E-state index in [1.165, 1.54) is 20.0 Å². The molecular formula is C12H22N2O2. The van der Waals surface area contributed by atoms with Crippen LogP contribution in [0.2, 0.25) is 0 Å². The molecule has 1 saturated heterocycles. The number of piperidine rings is 1. The van der Waals surface area contributed by atoms with E-state index >= 15 is 0 Å². The molecule has 0 bridgehead atoms. The Hall–Kier alpha value is -0.610. The molecule has 1 N–H and O–H groups in total. The Morgan fingerprint density at radius 1 is 1.56 bits per heavy atom. The molecule has 0 spiro atoms. The van der Waals surface area contributed by atoms with E-state index in [4.69, 9.17) is 4.74 Å². The molecule has 2 aliphatic rings. The molecule has 0 radical (unpaired) electrons. The number of esters is 1. The van der Waals surface area contributed by atoms with Crippen molar-refractivity contribution in [2.24, 2.45) is 5.92 Å². The second-order valence-corrected chi connectivity index (χ2v) is 5.24. The lowest BCUT2D eigenvalue weighted by Crippen LogP contribution is -2.61. The molecule has 1 saturated carbocycles. The molecular weight excluding hydrogens is 204 g/mol. The summed E-state index contributed by atoms with van der Waals surface area (Å²) in [5, 5.41) is 3.46. The van der Waals surface area contributed by atoms with Crippen molar-refractivity contribution in [3.05, 3.63) is 0 Å². The van der Waals surface area contributed by atoms with Crippen LogP contribution >= 0.6 is 0 Å². The monoisotopic (exact) mass is 226 g/mol. The number of carbonyl (C=O) groups excluding carboxylic acids is 1. The van der Waals surface area contributed by atoms with Crippen LogP contribution in [0.3, 0.4) is 0 Å². The first kappa shape index (κ1) is 11.9. The van der Waals surface area contributed by atoms with Crippen molar-refractivity contribution in [3.63, 3.8) is 0 Å². The number of hydrogen-bond acceptors (Lipinski definition) is 4. The molecule has 16 heavy (non-hydrogen) atoms. The lowest BCUT2D eigenvalue weighted by molar-refractivity contribution is -0.151. The lowest BCUT2D eigenvalue weighted by atomic mass is 9.89. The number of nitrogens with zero attached hydrogens (tertiary/aromatic N) is 1. The second-order valence-electron chi connectivity index (χ2n) is 5.24. The van der Waals surface area contributed by atoms with E-state index < -0.39 is 5.54 Å². The lowest BCUT2D eigenvalue weighted by Gasteiger charge is -2.39. The molecule has 0 aromatic rings. The molecule has 1 heterocycles. The number of hydrogen-bond donors (Lipinski definition) is 1. The Morgan fingerprint density at radius 3 is 2.88 bits per heavy atom. The van der Waals surface area contributed by atoms with E-state index in [2.05, 4.69) is 17.3 Å². The fourth-order valence-electron chi connectivity index (χ4n) is 2.51. The molecule has 1 atom stereocenters. The van der Waals surface area contributed by atoms with Crippen molar-refractivity contribution in [2.45, 2.75) is 31.2 Å². The van der Waals surface area contributed by atoms with E-state index in [0.717, 1.165) is 38.4 Å². The van der Waals surface area contributed by atoms with E-state index in [0.29, 0.717) is 0 Å². The molecule has 0 aromatic carbocycles. The summed E-state index contributed by atoms with van der Waals surface area (Å²) in [6.07, 6.45) is 4.57. The third-order valence-electron chi connectivity index (χ3n) is 3.69. The van der Waals surface area contributed by atoms with Gasteiger partial charge in [-0.1, -0.05) is 0 Å². The maximum absolute atomic E-state index is 12.0. The molecule has 0 amide bonds. The highest BCUT2D eigenvalue weighted by molar-refractivity contribution is 5.81. The van der Waals surface area contributed by atoms with Crippen LogP contribution in [0.1, 0.15) is 25.7 Å². The summed E-state index contributed by atoms with van der Waals surface area (Å²) in [4.78, 5) is 14.2. The maximum atomic E-state index is 12.0. The summed E-state index contributed by atoms with van der Waals surface area (Å²) >= 11 is 0. The van der Waals surface area contributed by atoms with Crippen LogP contribution in [-0.4, -0.2) is 50.2 Å². The minimum Gasteiger partial charge on any atom is -0.468 e. The SMILES string of the molecule is COC(=O)C1(NCC2CC2)CCCN(C)C1. The zero-order valence-electron chi connectivity index (χ0n) is 10.3. The van der Waals surface area contributed by atoms with Crippen molar-refractivity contribution in [1.29, 1.82) is 0 Å². The van der Waals surface area contributed by atoms with E-state index in [9.17, 15) is 4.79 Å². The zero-order chi connectivity index (χ0) is 11.6. The number of rotatable bonds is 4. The fraction of sp³-hybridized carbons (Fsp3) is 0.917. The van der Waals surface area contributed by atoms with Gasteiger partial charge in [0.2, 0.25) is 0 Å². The summed E-state index contributed by atoms with van der Waals surface area (Å²) in [6.45, 7) is 2.80. The van der Waals surface area contributed by atoms with Crippen molar-refractivity contribution in [1.82, 2.24) is 10.2 Å². The number of likely N-dealkylation sites (tertiary alicyclic amines) is 1. The first-order valence-electron chi connectivity index (χ1n) is 6.18. The van der Waals surface area contributed by atoms with Gasteiger partial charge in [-0.25, -0.2) is 0 Å². The van der Waals surface area contributed by atoms with Crippen molar-refractivity contribution >= 4 is 5.97 Å². The average molecular weight is 226 g/mol. The first-order chi connectivity index (χ1) is 7.66. The average Bonchev–Trinajstić information content (AvgIpc) is 3.09. The molecule has 4 heteroatoms. The van der Waals surface area contributed by atoms with Crippen LogP contribution in [0.25, 0.3) is 0 Å². The van der Waals surface area contributed by atoms with Gasteiger partial charge in [-0.3, -0.25) is 4.79 Å². The predicted octanol–water partition coefficient (Wildman–Crippen LogP) is 0.623. The second kappa shape index (κ2) is 4.72. The third kappa shape index (κ3) is 2.55. The Morgan fingerprint density at radius 2 is 2.31 bits per heavy atom. The van der Waals surface area contributed by atoms with Gasteiger partial charge in [0.05, 0.1) is 7.11 Å². The molecule has 2 rings (SSSR count). The predicted molar refractivity (Wildman–Crippen MR) is 62.2 cm³/mol. The van der Waals surface area contributed by atoms with Gasteiger partial charge in [-0.05, 0) is 51.7 Å². The Balaban J connectivity index is 2.00. The Kier molecular flexibility index (Phi) is 3.50. The number of methoxy groups -OCH3 is 1. The van der Waals surface area contributed by atoms with Gasteiger partial charge < -0.3 is 15.0 Å². The Bertz CT molecular complexity index is 266. The fourth-order valence-corrected chi connectivity index (χ4v) is 2.51. The molecule has 2 fully saturated rings. The van der Waals surface area contributed by atoms with E-state index in [1.54, 1.807) is 0 Å². The number of carbonyl (C=O) groups is 1. The van der Waals surface area contributed by atoms with Crippen molar-refractivity contribution in [2.75, 3.05) is 33.8 Å². The van der Waals surface area contributed by atoms with Crippen LogP contribution in [0, 0.1) is 5.92 Å². The first-order valence-corrected chi connectivity index (χ1v) is 6.18. The van der Waals surface area contributed by atoms with Gasteiger partial charge in [-0.2, -0.15) is 0 Å². The van der Waals surface area contributed by atoms with Gasteiger partial charge in [0.25, 0.3) is 0 Å². The molecule has 1 unspecified atom stereocenters. The third-order valence-corrected chi connectivity index (χ3v) is 3.69. The normalized spacial score (nSPS) is 31.4. The highest BCUT2D eigenvalue weighted by Crippen LogP contribution is 2.30. The number of ether oxygens (including phenoxy) is 1. The summed E-state index contributed by atoms with van der Waals surface area (Å²) in [6, 6.07) is 0. The zero-order valence-corrected chi connectivity index (χ0v) is 10.3. The summed E-state index contributed by atoms with van der Waals surface area (Å²) < 4.78 is 4.97. The van der Waals surface area contributed by atoms with E-state index in [1.807, 2.05) is 0 Å². The molecule has 92 valence electrons. The smallest absolute Gasteiger partial charge is 0.327 e. The van der Waals surface area contributed by atoms with Crippen LogP contribution in [0.4, 0.5) is 0 Å². The minimum absolute atomic E-state index is 0.0975. The van der Waals surface area contributed by atoms with Gasteiger partial charge >= 0.3 is 5.97 Å². The summed E-state index contributed by atoms with van der Waals surface area (Å²) in [5.41, 5.74) is -0.454. The van der Waals surface area contributed by atoms with Gasteiger partial charge in [0.15, 0.2) is 0 Å². The Labute approximate surface area is 97.3 Å². The van der Waals surface area contributed by atoms with Gasteiger partial charge in [0.1, 0.15) is 5.54 Å². The molecule has 1 aliphatic heterocycles. The maximum Gasteiger partial charge on any atom is 0.327 e. The van der Waals surface area contributed by atoms with Crippen molar-refractivity contribution in [3.8, 4) is 0 Å². The topological polar surface area (TPSA) is 41.6 Å². The molecule has 4 nitrogen and oxygen atoms in total. The summed E-state index contributed by atoms with van der Waals surface area (Å²) in [7, 11) is 3.55. The minimum atomic E-state index is -0.454.